The molecule has 1 atom stereocenters. The van der Waals surface area contributed by atoms with E-state index in [1.807, 2.05) is 12.3 Å². The van der Waals surface area contributed by atoms with Crippen molar-refractivity contribution < 1.29 is 0 Å². The summed E-state index contributed by atoms with van der Waals surface area (Å²) in [4.78, 5) is 4.16. The Kier molecular flexibility index (Phi) is 4.78. The Morgan fingerprint density at radius 1 is 1.11 bits per heavy atom. The Balaban J connectivity index is 2.17. The molecule has 0 saturated heterocycles. The topological polar surface area (TPSA) is 24.9 Å². The van der Waals surface area contributed by atoms with Gasteiger partial charge in [-0.25, -0.2) is 0 Å². The number of nitrogens with zero attached hydrogens (tertiary/aromatic N) is 1. The van der Waals surface area contributed by atoms with E-state index in [4.69, 9.17) is 0 Å². The van der Waals surface area contributed by atoms with Crippen LogP contribution in [0.2, 0.25) is 0 Å². The largest absolute Gasteiger partial charge is 0.377 e. The third-order valence-corrected chi connectivity index (χ3v) is 3.69. The zero-order chi connectivity index (χ0) is 13.0. The Bertz CT molecular complexity index is 511. The molecular weight excluding hydrogens is 356 g/mol. The van der Waals surface area contributed by atoms with Crippen LogP contribution in [0.15, 0.2) is 51.7 Å². The predicted octanol–water partition coefficient (Wildman–Crippen LogP) is 5.17. The van der Waals surface area contributed by atoms with Gasteiger partial charge in [-0.3, -0.25) is 4.98 Å². The van der Waals surface area contributed by atoms with Gasteiger partial charge in [0.25, 0.3) is 0 Å². The lowest BCUT2D eigenvalue weighted by molar-refractivity contribution is 0.748. The first-order valence-corrected chi connectivity index (χ1v) is 7.40. The van der Waals surface area contributed by atoms with Gasteiger partial charge in [-0.2, -0.15) is 0 Å². The van der Waals surface area contributed by atoms with Crippen molar-refractivity contribution in [3.63, 3.8) is 0 Å². The summed E-state index contributed by atoms with van der Waals surface area (Å²) >= 11 is 6.89. The van der Waals surface area contributed by atoms with Gasteiger partial charge in [0.05, 0.1) is 17.9 Å². The number of pyridine rings is 1. The van der Waals surface area contributed by atoms with Crippen LogP contribution < -0.4 is 5.32 Å². The van der Waals surface area contributed by atoms with Gasteiger partial charge < -0.3 is 5.32 Å². The predicted molar refractivity (Wildman–Crippen MR) is 82.7 cm³/mol. The Labute approximate surface area is 124 Å². The van der Waals surface area contributed by atoms with E-state index in [0.29, 0.717) is 6.04 Å². The molecule has 18 heavy (non-hydrogen) atoms. The van der Waals surface area contributed by atoms with Crippen molar-refractivity contribution in [3.8, 4) is 0 Å². The van der Waals surface area contributed by atoms with Gasteiger partial charge in [0.1, 0.15) is 0 Å². The summed E-state index contributed by atoms with van der Waals surface area (Å²) in [6.45, 7) is 2.17. The Morgan fingerprint density at radius 2 is 1.83 bits per heavy atom. The second-order valence-corrected chi connectivity index (χ2v) is 5.88. The average molecular weight is 370 g/mol. The summed E-state index contributed by atoms with van der Waals surface area (Å²) in [5.41, 5.74) is 2.31. The standard InChI is InChI=1S/C14H14Br2N2/c1-2-14(10-3-5-11(15)6-4-10)18-13-7-12(16)8-17-9-13/h3-9,14,18H,2H2,1H3. The molecule has 1 aromatic carbocycles. The summed E-state index contributed by atoms with van der Waals surface area (Å²) in [5.74, 6) is 0. The number of hydrogen-bond donors (Lipinski definition) is 1. The van der Waals surface area contributed by atoms with Crippen LogP contribution in [0, 0.1) is 0 Å². The number of anilines is 1. The third kappa shape index (κ3) is 3.56. The quantitative estimate of drug-likeness (QED) is 0.803. The van der Waals surface area contributed by atoms with Gasteiger partial charge in [-0.1, -0.05) is 35.0 Å². The van der Waals surface area contributed by atoms with Crippen LogP contribution in [0.5, 0.6) is 0 Å². The highest BCUT2D eigenvalue weighted by Crippen LogP contribution is 2.24. The fraction of sp³-hybridized carbons (Fsp3) is 0.214. The van der Waals surface area contributed by atoms with Crippen molar-refractivity contribution in [3.05, 3.63) is 57.2 Å². The minimum Gasteiger partial charge on any atom is -0.377 e. The molecule has 2 aromatic rings. The van der Waals surface area contributed by atoms with Gasteiger partial charge in [0.15, 0.2) is 0 Å². The van der Waals surface area contributed by atoms with E-state index < -0.39 is 0 Å². The first-order chi connectivity index (χ1) is 8.69. The monoisotopic (exact) mass is 368 g/mol. The molecule has 1 heterocycles. The molecule has 4 heteroatoms. The van der Waals surface area contributed by atoms with Gasteiger partial charge in [-0.05, 0) is 46.1 Å². The number of nitrogens with one attached hydrogen (secondary N) is 1. The van der Waals surface area contributed by atoms with Gasteiger partial charge in [0.2, 0.25) is 0 Å². The summed E-state index contributed by atoms with van der Waals surface area (Å²) in [6, 6.07) is 10.7. The fourth-order valence-electron chi connectivity index (χ4n) is 1.81. The van der Waals surface area contributed by atoms with Crippen molar-refractivity contribution in [1.82, 2.24) is 4.98 Å². The van der Waals surface area contributed by atoms with Crippen molar-refractivity contribution in [1.29, 1.82) is 0 Å². The number of hydrogen-bond acceptors (Lipinski definition) is 2. The van der Waals surface area contributed by atoms with E-state index in [2.05, 4.69) is 73.3 Å². The molecule has 0 fully saturated rings. The normalized spacial score (nSPS) is 12.2. The SMILES string of the molecule is CCC(Nc1cncc(Br)c1)c1ccc(Br)cc1. The highest BCUT2D eigenvalue weighted by Gasteiger charge is 2.09. The summed E-state index contributed by atoms with van der Waals surface area (Å²) in [5, 5.41) is 3.50. The number of aromatic nitrogens is 1. The van der Waals surface area contributed by atoms with Crippen LogP contribution in [0.4, 0.5) is 5.69 Å². The zero-order valence-corrected chi connectivity index (χ0v) is 13.2. The van der Waals surface area contributed by atoms with Crippen LogP contribution in [0.1, 0.15) is 24.9 Å². The summed E-state index contributed by atoms with van der Waals surface area (Å²) in [7, 11) is 0. The molecule has 1 aromatic heterocycles. The van der Waals surface area contributed by atoms with Crippen LogP contribution in [0.3, 0.4) is 0 Å². The van der Waals surface area contributed by atoms with E-state index in [0.717, 1.165) is 21.1 Å². The van der Waals surface area contributed by atoms with Gasteiger partial charge in [0, 0.05) is 15.1 Å². The maximum atomic E-state index is 4.16. The van der Waals surface area contributed by atoms with Gasteiger partial charge in [-0.15, -0.1) is 0 Å². The van der Waals surface area contributed by atoms with Crippen LogP contribution in [-0.2, 0) is 0 Å². The molecule has 0 radical (unpaired) electrons. The molecule has 0 aliphatic rings. The molecule has 2 nitrogen and oxygen atoms in total. The van der Waals surface area contributed by atoms with Crippen LogP contribution in [-0.4, -0.2) is 4.98 Å². The second-order valence-electron chi connectivity index (χ2n) is 4.05. The number of rotatable bonds is 4. The third-order valence-electron chi connectivity index (χ3n) is 2.73. The first-order valence-electron chi connectivity index (χ1n) is 5.81. The van der Waals surface area contributed by atoms with E-state index in [-0.39, 0.29) is 0 Å². The van der Waals surface area contributed by atoms with Crippen molar-refractivity contribution in [2.75, 3.05) is 5.32 Å². The molecule has 1 unspecified atom stereocenters. The molecule has 0 aliphatic heterocycles. The number of benzene rings is 1. The molecule has 2 rings (SSSR count). The maximum absolute atomic E-state index is 4.16. The fourth-order valence-corrected chi connectivity index (χ4v) is 2.44. The van der Waals surface area contributed by atoms with E-state index >= 15 is 0 Å². The lowest BCUT2D eigenvalue weighted by Crippen LogP contribution is -2.09. The Morgan fingerprint density at radius 3 is 2.44 bits per heavy atom. The molecule has 0 amide bonds. The minimum absolute atomic E-state index is 0.300. The van der Waals surface area contributed by atoms with Crippen molar-refractivity contribution in [2.45, 2.75) is 19.4 Å². The highest BCUT2D eigenvalue weighted by atomic mass is 79.9. The number of halogens is 2. The van der Waals surface area contributed by atoms with Crippen LogP contribution >= 0.6 is 31.9 Å². The van der Waals surface area contributed by atoms with Gasteiger partial charge >= 0.3 is 0 Å². The molecule has 94 valence electrons. The molecular formula is C14H14Br2N2. The van der Waals surface area contributed by atoms with E-state index in [1.54, 1.807) is 6.20 Å². The maximum Gasteiger partial charge on any atom is 0.0542 e. The summed E-state index contributed by atoms with van der Waals surface area (Å²) < 4.78 is 2.09. The van der Waals surface area contributed by atoms with E-state index in [9.17, 15) is 0 Å². The first kappa shape index (κ1) is 13.6. The van der Waals surface area contributed by atoms with Crippen LogP contribution in [0.25, 0.3) is 0 Å². The summed E-state index contributed by atoms with van der Waals surface area (Å²) in [6.07, 6.45) is 4.65. The average Bonchev–Trinajstić information content (AvgIpc) is 2.37. The molecule has 0 saturated carbocycles. The lowest BCUT2D eigenvalue weighted by atomic mass is 10.0. The Hall–Kier alpha value is -0.870. The van der Waals surface area contributed by atoms with E-state index in [1.165, 1.54) is 5.56 Å². The zero-order valence-electron chi connectivity index (χ0n) is 10.0. The molecule has 0 aliphatic carbocycles. The van der Waals surface area contributed by atoms with Crippen molar-refractivity contribution >= 4 is 37.5 Å². The second kappa shape index (κ2) is 6.34. The molecule has 0 spiro atoms. The lowest BCUT2D eigenvalue weighted by Gasteiger charge is -2.18. The van der Waals surface area contributed by atoms with Crippen molar-refractivity contribution in [2.24, 2.45) is 0 Å². The molecule has 0 bridgehead atoms. The molecule has 1 N–H and O–H groups in total. The smallest absolute Gasteiger partial charge is 0.0542 e. The minimum atomic E-state index is 0.300. The highest BCUT2D eigenvalue weighted by molar-refractivity contribution is 9.10.